The van der Waals surface area contributed by atoms with Gasteiger partial charge in [0.25, 0.3) is 3.70 Å². The maximum Gasteiger partial charge on any atom is 0.347 e. The zero-order valence-corrected chi connectivity index (χ0v) is 12.7. The molecule has 0 atom stereocenters. The fourth-order valence-corrected chi connectivity index (χ4v) is 2.30. The van der Waals surface area contributed by atoms with Crippen LogP contribution in [0.15, 0.2) is 33.4 Å². The van der Waals surface area contributed by atoms with Gasteiger partial charge in [0.15, 0.2) is 11.4 Å². The molecule has 0 saturated carbocycles. The Bertz CT molecular complexity index is 554. The number of rotatable bonds is 1. The molecule has 1 aliphatic rings. The highest BCUT2D eigenvalue weighted by Crippen LogP contribution is 2.19. The van der Waals surface area contributed by atoms with Gasteiger partial charge in [0.1, 0.15) is 25.6 Å². The first-order valence-corrected chi connectivity index (χ1v) is 6.52. The van der Waals surface area contributed by atoms with E-state index in [1.54, 1.807) is 18.6 Å². The summed E-state index contributed by atoms with van der Waals surface area (Å²) in [7, 11) is 1.94. The Morgan fingerprint density at radius 3 is 3.00 bits per heavy atom. The van der Waals surface area contributed by atoms with Crippen LogP contribution in [0.4, 0.5) is 0 Å². The van der Waals surface area contributed by atoms with Crippen LogP contribution in [0.1, 0.15) is 5.82 Å². The molecule has 0 amide bonds. The highest BCUT2D eigenvalue weighted by molar-refractivity contribution is 14.1. The van der Waals surface area contributed by atoms with E-state index in [0.717, 1.165) is 15.1 Å². The normalized spacial score (nSPS) is 15.1. The lowest BCUT2D eigenvalue weighted by Crippen LogP contribution is -2.27. The molecular weight excluding hydrogens is 430 g/mol. The summed E-state index contributed by atoms with van der Waals surface area (Å²) in [6.45, 7) is 0. The Balaban J connectivity index is 2.62. The van der Waals surface area contributed by atoms with Crippen molar-refractivity contribution in [3.8, 4) is 0 Å². The predicted molar refractivity (Wildman–Crippen MR) is 79.0 cm³/mol. The molecular formula is C10H8I2N4+2. The maximum atomic E-state index is 4.36. The van der Waals surface area contributed by atoms with Crippen molar-refractivity contribution < 1.29 is 7.36 Å². The fraction of sp³-hybridized carbons (Fsp3) is 0.100. The molecule has 0 radical (unpaired) electrons. The van der Waals surface area contributed by atoms with Crippen molar-refractivity contribution in [1.82, 2.24) is 4.98 Å². The number of hydrogen-bond acceptors (Lipinski definition) is 2. The average molecular weight is 438 g/mol. The van der Waals surface area contributed by atoms with Crippen molar-refractivity contribution in [3.63, 3.8) is 0 Å². The summed E-state index contributed by atoms with van der Waals surface area (Å²) < 4.78 is 4.88. The first-order valence-electron chi connectivity index (χ1n) is 4.48. The van der Waals surface area contributed by atoms with E-state index in [9.17, 15) is 0 Å². The fourth-order valence-electron chi connectivity index (χ4n) is 1.21. The molecule has 0 N–H and O–H groups in total. The van der Waals surface area contributed by atoms with Gasteiger partial charge in [-0.3, -0.25) is 0 Å². The summed E-state index contributed by atoms with van der Waals surface area (Å²) in [6, 6.07) is 1.89. The molecule has 2 rings (SSSR count). The van der Waals surface area contributed by atoms with Crippen LogP contribution >= 0.6 is 45.5 Å². The van der Waals surface area contributed by atoms with Crippen LogP contribution in [0.25, 0.3) is 5.57 Å². The Labute approximate surface area is 121 Å². The number of aromatic nitrogens is 2. The minimum Gasteiger partial charge on any atom is -0.249 e. The van der Waals surface area contributed by atoms with Crippen LogP contribution in [-0.2, 0) is 0 Å². The van der Waals surface area contributed by atoms with Gasteiger partial charge in [-0.25, -0.2) is 4.99 Å². The number of halogens is 2. The second-order valence-electron chi connectivity index (χ2n) is 3.05. The molecule has 0 aliphatic carbocycles. The summed E-state index contributed by atoms with van der Waals surface area (Å²) in [6.07, 6.45) is 7.18. The third kappa shape index (κ3) is 2.38. The third-order valence-corrected chi connectivity index (χ3v) is 4.07. The minimum absolute atomic E-state index is 0.875. The molecule has 0 spiro atoms. The lowest BCUT2D eigenvalue weighted by molar-refractivity contribution is -0.449. The molecule has 0 bridgehead atoms. The molecule has 0 fully saturated rings. The molecule has 1 aliphatic heterocycles. The number of nitrogens with zero attached hydrogens (tertiary/aromatic N) is 4. The highest BCUT2D eigenvalue weighted by Gasteiger charge is 2.24. The van der Waals surface area contributed by atoms with Crippen molar-refractivity contribution in [2.45, 2.75) is 0 Å². The molecule has 16 heavy (non-hydrogen) atoms. The van der Waals surface area contributed by atoms with Gasteiger partial charge in [-0.15, -0.1) is 4.58 Å². The standard InChI is InChI=1S/C10H8I2N4/c1-15-6-4-13-7-8(9(15)11)10-14-3-2-5-16(10)12/h2-5,7H,1H3/q+2. The van der Waals surface area contributed by atoms with Crippen LogP contribution in [0.3, 0.4) is 0 Å². The quantitative estimate of drug-likeness (QED) is 0.373. The first-order chi connectivity index (χ1) is 7.70. The second-order valence-corrected chi connectivity index (χ2v) is 5.12. The SMILES string of the molecule is C[N+]1=C=CN=CC(c2nccc[n+]2I)=C1I. The minimum atomic E-state index is 0.875. The van der Waals surface area contributed by atoms with Crippen LogP contribution in [0.5, 0.6) is 0 Å². The van der Waals surface area contributed by atoms with Gasteiger partial charge in [-0.05, 0) is 4.98 Å². The monoisotopic (exact) mass is 438 g/mol. The van der Waals surface area contributed by atoms with Crippen molar-refractivity contribution in [2.24, 2.45) is 4.99 Å². The van der Waals surface area contributed by atoms with E-state index < -0.39 is 0 Å². The van der Waals surface area contributed by atoms with E-state index in [1.807, 2.05) is 26.7 Å². The van der Waals surface area contributed by atoms with Crippen molar-refractivity contribution in [1.29, 1.82) is 0 Å². The summed E-state index contributed by atoms with van der Waals surface area (Å²) in [5.41, 5.74) is 0.986. The highest BCUT2D eigenvalue weighted by atomic mass is 127. The van der Waals surface area contributed by atoms with Crippen molar-refractivity contribution >= 4 is 63.1 Å². The lowest BCUT2D eigenvalue weighted by Gasteiger charge is -1.96. The maximum absolute atomic E-state index is 4.36. The molecule has 80 valence electrons. The molecule has 6 heteroatoms. The Kier molecular flexibility index (Phi) is 3.82. The molecule has 0 aromatic carbocycles. The number of aliphatic imine (C=N–C) groups is 1. The van der Waals surface area contributed by atoms with Crippen molar-refractivity contribution in [2.75, 3.05) is 7.05 Å². The Morgan fingerprint density at radius 1 is 1.44 bits per heavy atom. The zero-order chi connectivity index (χ0) is 11.5. The van der Waals surface area contributed by atoms with E-state index in [1.165, 1.54) is 0 Å². The van der Waals surface area contributed by atoms with E-state index in [0.29, 0.717) is 0 Å². The third-order valence-electron chi connectivity index (χ3n) is 1.99. The zero-order valence-electron chi connectivity index (χ0n) is 8.43. The number of hydrogen-bond donors (Lipinski definition) is 0. The van der Waals surface area contributed by atoms with Gasteiger partial charge >= 0.3 is 5.82 Å². The predicted octanol–water partition coefficient (Wildman–Crippen LogP) is 1.58. The average Bonchev–Trinajstić information content (AvgIpc) is 2.44. The summed E-state index contributed by atoms with van der Waals surface area (Å²) in [5, 5.41) is 0. The number of allylic oxidation sites excluding steroid dienone is 1. The molecule has 2 heterocycles. The van der Waals surface area contributed by atoms with Gasteiger partial charge in [-0.1, -0.05) is 0 Å². The molecule has 0 saturated heterocycles. The molecule has 1 aromatic heterocycles. The summed E-state index contributed by atoms with van der Waals surface area (Å²) in [4.78, 5) is 8.51. The molecule has 4 nitrogen and oxygen atoms in total. The van der Waals surface area contributed by atoms with Crippen molar-refractivity contribution in [3.05, 3.63) is 34.2 Å². The largest absolute Gasteiger partial charge is 0.347 e. The van der Waals surface area contributed by atoms with Crippen LogP contribution in [-0.4, -0.2) is 28.7 Å². The van der Waals surface area contributed by atoms with E-state index in [2.05, 4.69) is 61.3 Å². The smallest absolute Gasteiger partial charge is 0.249 e. The summed E-state index contributed by atoms with van der Waals surface area (Å²) >= 11 is 4.46. The van der Waals surface area contributed by atoms with Gasteiger partial charge in [0.05, 0.1) is 6.21 Å². The second kappa shape index (κ2) is 5.15. The molecule has 0 unspecified atom stereocenters. The molecule has 1 aromatic rings. The van der Waals surface area contributed by atoms with Gasteiger partial charge in [0.2, 0.25) is 22.9 Å². The van der Waals surface area contributed by atoms with Crippen LogP contribution in [0, 0.1) is 0 Å². The van der Waals surface area contributed by atoms with Gasteiger partial charge in [-0.2, -0.15) is 2.78 Å². The van der Waals surface area contributed by atoms with Gasteiger partial charge in [0, 0.05) is 28.7 Å². The van der Waals surface area contributed by atoms with E-state index in [4.69, 9.17) is 0 Å². The Morgan fingerprint density at radius 2 is 2.25 bits per heavy atom. The Hall–Kier alpha value is -0.600. The lowest BCUT2D eigenvalue weighted by atomic mass is 10.3. The van der Waals surface area contributed by atoms with E-state index in [-0.39, 0.29) is 0 Å². The first kappa shape index (κ1) is 11.9. The van der Waals surface area contributed by atoms with Crippen LogP contribution in [0.2, 0.25) is 0 Å². The summed E-state index contributed by atoms with van der Waals surface area (Å²) in [5.74, 6) is 3.89. The van der Waals surface area contributed by atoms with Gasteiger partial charge < -0.3 is 0 Å². The van der Waals surface area contributed by atoms with E-state index >= 15 is 0 Å². The topological polar surface area (TPSA) is 32.1 Å². The van der Waals surface area contributed by atoms with Crippen LogP contribution < -0.4 is 2.78 Å².